The monoisotopic (exact) mass is 304 g/mol. The zero-order chi connectivity index (χ0) is 16.5. The summed E-state index contributed by atoms with van der Waals surface area (Å²) in [7, 11) is -0.293. The Morgan fingerprint density at radius 3 is 2.14 bits per heavy atom. The van der Waals surface area contributed by atoms with Crippen LogP contribution in [0.4, 0.5) is 0 Å². The average molecular weight is 304 g/mol. The van der Waals surface area contributed by atoms with Gasteiger partial charge in [-0.15, -0.1) is 0 Å². The van der Waals surface area contributed by atoms with E-state index < -0.39 is 0 Å². The Balaban J connectivity index is 0.000000847. The van der Waals surface area contributed by atoms with Crippen LogP contribution in [0.2, 0.25) is 0 Å². The minimum absolute atomic E-state index is 0.264. The molecule has 0 bridgehead atoms. The van der Waals surface area contributed by atoms with E-state index in [-0.39, 0.29) is 24.9 Å². The molecule has 0 aromatic heterocycles. The van der Waals surface area contributed by atoms with Gasteiger partial charge in [-0.1, -0.05) is 32.0 Å². The molecule has 1 aliphatic heterocycles. The van der Waals surface area contributed by atoms with Gasteiger partial charge in [0.25, 0.3) is 0 Å². The summed E-state index contributed by atoms with van der Waals surface area (Å²) >= 11 is 0. The van der Waals surface area contributed by atoms with E-state index in [1.54, 1.807) is 0 Å². The van der Waals surface area contributed by atoms with Gasteiger partial charge in [-0.05, 0) is 63.0 Å². The molecule has 1 unspecified atom stereocenters. The van der Waals surface area contributed by atoms with Crippen LogP contribution in [0.1, 0.15) is 52.7 Å². The van der Waals surface area contributed by atoms with Crippen LogP contribution in [-0.4, -0.2) is 30.0 Å². The fourth-order valence-corrected chi connectivity index (χ4v) is 2.98. The molecular formula is C18H29BO3. The van der Waals surface area contributed by atoms with E-state index in [9.17, 15) is 5.11 Å². The number of hydrogen-bond donors (Lipinski definition) is 1. The van der Waals surface area contributed by atoms with E-state index >= 15 is 0 Å². The molecule has 1 N–H and O–H groups in total. The van der Waals surface area contributed by atoms with Gasteiger partial charge in [0.2, 0.25) is 0 Å². The van der Waals surface area contributed by atoms with Gasteiger partial charge >= 0.3 is 7.12 Å². The van der Waals surface area contributed by atoms with Crippen molar-refractivity contribution in [3.63, 3.8) is 0 Å². The molecule has 22 heavy (non-hydrogen) atoms. The number of fused-ring (bicyclic) bond motifs is 1. The van der Waals surface area contributed by atoms with Crippen LogP contribution >= 0.6 is 0 Å². The zero-order valence-corrected chi connectivity index (χ0v) is 14.8. The zero-order valence-electron chi connectivity index (χ0n) is 14.8. The molecule has 1 aliphatic carbocycles. The van der Waals surface area contributed by atoms with Gasteiger partial charge in [-0.3, -0.25) is 0 Å². The molecule has 122 valence electrons. The van der Waals surface area contributed by atoms with Crippen molar-refractivity contribution in [2.75, 3.05) is 6.61 Å². The summed E-state index contributed by atoms with van der Waals surface area (Å²) in [5.41, 5.74) is 3.16. The van der Waals surface area contributed by atoms with Crippen molar-refractivity contribution in [1.82, 2.24) is 0 Å². The maximum atomic E-state index is 9.31. The van der Waals surface area contributed by atoms with E-state index in [2.05, 4.69) is 45.9 Å². The number of aliphatic hydroxyl groups is 1. The van der Waals surface area contributed by atoms with Crippen molar-refractivity contribution < 1.29 is 14.4 Å². The van der Waals surface area contributed by atoms with Crippen LogP contribution in [0.25, 0.3) is 0 Å². The lowest BCUT2D eigenvalue weighted by molar-refractivity contribution is 0.00578. The Morgan fingerprint density at radius 1 is 1.05 bits per heavy atom. The van der Waals surface area contributed by atoms with Crippen LogP contribution < -0.4 is 5.46 Å². The molecule has 1 saturated heterocycles. The predicted octanol–water partition coefficient (Wildman–Crippen LogP) is 2.72. The first-order valence-corrected chi connectivity index (χ1v) is 8.40. The fourth-order valence-electron chi connectivity index (χ4n) is 2.98. The lowest BCUT2D eigenvalue weighted by atomic mass is 9.78. The molecule has 1 atom stereocenters. The summed E-state index contributed by atoms with van der Waals surface area (Å²) in [6, 6.07) is 6.44. The van der Waals surface area contributed by atoms with Gasteiger partial charge in [0.1, 0.15) is 0 Å². The molecule has 1 aromatic rings. The Morgan fingerprint density at radius 2 is 1.59 bits per heavy atom. The van der Waals surface area contributed by atoms with E-state index in [0.29, 0.717) is 5.92 Å². The summed E-state index contributed by atoms with van der Waals surface area (Å²) in [4.78, 5) is 0. The molecule has 1 aromatic carbocycles. The van der Waals surface area contributed by atoms with Crippen molar-refractivity contribution in [2.45, 2.75) is 65.6 Å². The molecule has 0 radical (unpaired) electrons. The molecule has 2 aliphatic rings. The lowest BCUT2D eigenvalue weighted by Gasteiger charge is -2.32. The first kappa shape index (κ1) is 17.5. The number of benzene rings is 1. The van der Waals surface area contributed by atoms with Crippen molar-refractivity contribution >= 4 is 12.6 Å². The van der Waals surface area contributed by atoms with E-state index in [1.165, 1.54) is 11.1 Å². The second kappa shape index (κ2) is 6.35. The normalized spacial score (nSPS) is 24.7. The van der Waals surface area contributed by atoms with Gasteiger partial charge in [0.05, 0.1) is 11.2 Å². The van der Waals surface area contributed by atoms with Gasteiger partial charge in [0.15, 0.2) is 0 Å². The highest BCUT2D eigenvalue weighted by atomic mass is 16.7. The highest BCUT2D eigenvalue weighted by Crippen LogP contribution is 2.36. The second-order valence-corrected chi connectivity index (χ2v) is 7.07. The molecule has 1 fully saturated rings. The Kier molecular flexibility index (Phi) is 5.05. The smallest absolute Gasteiger partial charge is 0.399 e. The van der Waals surface area contributed by atoms with Gasteiger partial charge in [-0.2, -0.15) is 0 Å². The third-order valence-corrected chi connectivity index (χ3v) is 5.03. The third kappa shape index (κ3) is 3.10. The summed E-state index contributed by atoms with van der Waals surface area (Å²) < 4.78 is 12.2. The highest BCUT2D eigenvalue weighted by molar-refractivity contribution is 6.62. The first-order valence-electron chi connectivity index (χ1n) is 8.40. The maximum absolute atomic E-state index is 9.31. The molecule has 3 nitrogen and oxygen atoms in total. The minimum atomic E-state index is -0.301. The van der Waals surface area contributed by atoms with Gasteiger partial charge in [0, 0.05) is 6.61 Å². The molecule has 0 saturated carbocycles. The summed E-state index contributed by atoms with van der Waals surface area (Å²) in [6.07, 6.45) is 1.94. The van der Waals surface area contributed by atoms with Crippen molar-refractivity contribution in [3.05, 3.63) is 29.3 Å². The van der Waals surface area contributed by atoms with Crippen molar-refractivity contribution in [3.8, 4) is 0 Å². The van der Waals surface area contributed by atoms with Gasteiger partial charge < -0.3 is 14.4 Å². The molecule has 0 amide bonds. The van der Waals surface area contributed by atoms with E-state index in [4.69, 9.17) is 9.31 Å². The average Bonchev–Trinajstić information content (AvgIpc) is 2.98. The van der Waals surface area contributed by atoms with Crippen molar-refractivity contribution in [2.24, 2.45) is 5.92 Å². The van der Waals surface area contributed by atoms with Crippen LogP contribution in [0.5, 0.6) is 0 Å². The molecular weight excluding hydrogens is 275 g/mol. The molecule has 4 heteroatoms. The lowest BCUT2D eigenvalue weighted by Crippen LogP contribution is -2.41. The minimum Gasteiger partial charge on any atom is -0.399 e. The van der Waals surface area contributed by atoms with Crippen LogP contribution in [0.3, 0.4) is 0 Å². The number of rotatable bonds is 2. The second-order valence-electron chi connectivity index (χ2n) is 7.07. The van der Waals surface area contributed by atoms with E-state index in [0.717, 1.165) is 18.3 Å². The standard InChI is InChI=1S/C16H23BO3.C2H6/c1-15(2)16(3,4)20-17(19-15)14-6-5-12-7-11(10-18)8-13(12)9-14;1-2/h5-6,9,11,18H,7-8,10H2,1-4H3;1-2H3. The summed E-state index contributed by atoms with van der Waals surface area (Å²) in [6.45, 7) is 12.6. The molecule has 0 spiro atoms. The first-order chi connectivity index (χ1) is 10.3. The van der Waals surface area contributed by atoms with Crippen LogP contribution in [-0.2, 0) is 22.2 Å². The predicted molar refractivity (Wildman–Crippen MR) is 91.5 cm³/mol. The summed E-state index contributed by atoms with van der Waals surface area (Å²) in [5.74, 6) is 0.374. The van der Waals surface area contributed by atoms with Gasteiger partial charge in [-0.25, -0.2) is 0 Å². The fraction of sp³-hybridized carbons (Fsp3) is 0.667. The third-order valence-electron chi connectivity index (χ3n) is 5.03. The van der Waals surface area contributed by atoms with Crippen LogP contribution in [0, 0.1) is 5.92 Å². The molecule has 3 rings (SSSR count). The highest BCUT2D eigenvalue weighted by Gasteiger charge is 2.51. The Labute approximate surface area is 135 Å². The topological polar surface area (TPSA) is 38.7 Å². The SMILES string of the molecule is CC.CC1(C)OB(c2ccc3c(c2)CC(CO)C3)OC1(C)C. The Hall–Kier alpha value is -0.835. The quantitative estimate of drug-likeness (QED) is 0.854. The molecule has 1 heterocycles. The number of aliphatic hydroxyl groups excluding tert-OH is 1. The summed E-state index contributed by atoms with van der Waals surface area (Å²) in [5, 5.41) is 9.31. The maximum Gasteiger partial charge on any atom is 0.494 e. The van der Waals surface area contributed by atoms with Crippen molar-refractivity contribution in [1.29, 1.82) is 0 Å². The number of hydrogen-bond acceptors (Lipinski definition) is 3. The Bertz CT molecular complexity index is 509. The van der Waals surface area contributed by atoms with Crippen LogP contribution in [0.15, 0.2) is 18.2 Å². The largest absolute Gasteiger partial charge is 0.494 e. The van der Waals surface area contributed by atoms with E-state index in [1.807, 2.05) is 13.8 Å².